The van der Waals surface area contributed by atoms with Crippen molar-refractivity contribution in [1.82, 2.24) is 0 Å². The van der Waals surface area contributed by atoms with E-state index in [1.54, 1.807) is 6.07 Å². The Morgan fingerprint density at radius 1 is 0.938 bits per heavy atom. The monoisotopic (exact) mass is 278 g/mol. The van der Waals surface area contributed by atoms with E-state index < -0.39 is 0 Å². The van der Waals surface area contributed by atoms with E-state index in [9.17, 15) is 4.39 Å². The molecular weight excluding hydrogens is 267 g/mol. The van der Waals surface area contributed by atoms with Crippen LogP contribution < -0.4 is 0 Å². The Bertz CT molecular complexity index is 532. The van der Waals surface area contributed by atoms with Crippen molar-refractivity contribution in [2.45, 2.75) is 13.8 Å². The maximum absolute atomic E-state index is 13.3. The van der Waals surface area contributed by atoms with Crippen molar-refractivity contribution in [1.29, 1.82) is 0 Å². The highest BCUT2D eigenvalue weighted by Crippen LogP contribution is 2.30. The maximum Gasteiger partial charge on any atom is 0.137 e. The third-order valence-electron chi connectivity index (χ3n) is 2.70. The summed E-state index contributed by atoms with van der Waals surface area (Å²) >= 11 is 3.23. The fraction of sp³-hybridized carbons (Fsp3) is 0.143. The summed E-state index contributed by atoms with van der Waals surface area (Å²) in [6.45, 7) is 3.99. The molecule has 0 aromatic heterocycles. The van der Waals surface area contributed by atoms with Gasteiger partial charge in [0.15, 0.2) is 0 Å². The Kier molecular flexibility index (Phi) is 3.10. The van der Waals surface area contributed by atoms with Gasteiger partial charge in [-0.1, -0.05) is 24.3 Å². The van der Waals surface area contributed by atoms with Gasteiger partial charge in [0.1, 0.15) is 5.82 Å². The Balaban J connectivity index is 2.65. The van der Waals surface area contributed by atoms with Crippen LogP contribution in [-0.4, -0.2) is 0 Å². The molecule has 0 radical (unpaired) electrons. The lowest BCUT2D eigenvalue weighted by atomic mass is 9.97. The Morgan fingerprint density at radius 3 is 2.31 bits per heavy atom. The van der Waals surface area contributed by atoms with E-state index in [1.165, 1.54) is 5.56 Å². The standard InChI is InChI=1S/C14H12BrF/c1-9-5-3-4-6-11(9)12-8-13(15)14(16)7-10(12)2/h3-8H,1-2H3. The minimum absolute atomic E-state index is 0.213. The van der Waals surface area contributed by atoms with Crippen molar-refractivity contribution in [3.63, 3.8) is 0 Å². The molecule has 82 valence electrons. The zero-order valence-electron chi connectivity index (χ0n) is 9.22. The fourth-order valence-corrected chi connectivity index (χ4v) is 2.15. The van der Waals surface area contributed by atoms with Gasteiger partial charge >= 0.3 is 0 Å². The Labute approximate surface area is 103 Å². The second-order valence-electron chi connectivity index (χ2n) is 3.90. The van der Waals surface area contributed by atoms with E-state index in [0.717, 1.165) is 16.7 Å². The first kappa shape index (κ1) is 11.3. The normalized spacial score (nSPS) is 10.5. The number of hydrogen-bond donors (Lipinski definition) is 0. The van der Waals surface area contributed by atoms with Gasteiger partial charge in [0.25, 0.3) is 0 Å². The van der Waals surface area contributed by atoms with Crippen LogP contribution in [-0.2, 0) is 0 Å². The van der Waals surface area contributed by atoms with Gasteiger partial charge in [0, 0.05) is 0 Å². The third kappa shape index (κ3) is 2.03. The Hall–Kier alpha value is -1.15. The molecule has 2 aromatic carbocycles. The molecule has 0 unspecified atom stereocenters. The van der Waals surface area contributed by atoms with Gasteiger partial charge in [-0.3, -0.25) is 0 Å². The second-order valence-corrected chi connectivity index (χ2v) is 4.75. The molecule has 2 heteroatoms. The van der Waals surface area contributed by atoms with Crippen molar-refractivity contribution >= 4 is 15.9 Å². The van der Waals surface area contributed by atoms with Crippen molar-refractivity contribution < 1.29 is 4.39 Å². The van der Waals surface area contributed by atoms with Gasteiger partial charge in [-0.25, -0.2) is 4.39 Å². The van der Waals surface area contributed by atoms with E-state index in [2.05, 4.69) is 35.0 Å². The zero-order valence-corrected chi connectivity index (χ0v) is 10.8. The summed E-state index contributed by atoms with van der Waals surface area (Å²) in [4.78, 5) is 0. The van der Waals surface area contributed by atoms with Crippen LogP contribution in [0.25, 0.3) is 11.1 Å². The second kappa shape index (κ2) is 4.38. The average molecular weight is 279 g/mol. The van der Waals surface area contributed by atoms with Crippen LogP contribution in [0.4, 0.5) is 4.39 Å². The van der Waals surface area contributed by atoms with Gasteiger partial charge < -0.3 is 0 Å². The molecule has 2 aromatic rings. The number of benzene rings is 2. The lowest BCUT2D eigenvalue weighted by Crippen LogP contribution is -1.89. The van der Waals surface area contributed by atoms with Crippen LogP contribution in [0.2, 0.25) is 0 Å². The largest absolute Gasteiger partial charge is 0.206 e. The molecule has 0 heterocycles. The smallest absolute Gasteiger partial charge is 0.137 e. The van der Waals surface area contributed by atoms with Crippen LogP contribution in [0, 0.1) is 19.7 Å². The third-order valence-corrected chi connectivity index (χ3v) is 3.31. The average Bonchev–Trinajstić information content (AvgIpc) is 2.25. The topological polar surface area (TPSA) is 0 Å². The highest BCUT2D eigenvalue weighted by atomic mass is 79.9. The highest BCUT2D eigenvalue weighted by molar-refractivity contribution is 9.10. The fourth-order valence-electron chi connectivity index (χ4n) is 1.81. The minimum atomic E-state index is -0.213. The highest BCUT2D eigenvalue weighted by Gasteiger charge is 2.08. The summed E-state index contributed by atoms with van der Waals surface area (Å²) in [5.41, 5.74) is 4.38. The van der Waals surface area contributed by atoms with E-state index in [1.807, 2.05) is 25.1 Å². The summed E-state index contributed by atoms with van der Waals surface area (Å²) < 4.78 is 13.8. The minimum Gasteiger partial charge on any atom is -0.206 e. The SMILES string of the molecule is Cc1ccccc1-c1cc(Br)c(F)cc1C. The first-order valence-corrected chi connectivity index (χ1v) is 5.90. The van der Waals surface area contributed by atoms with Crippen LogP contribution in [0.5, 0.6) is 0 Å². The molecule has 0 aliphatic carbocycles. The predicted octanol–water partition coefficient (Wildman–Crippen LogP) is 4.87. The van der Waals surface area contributed by atoms with Crippen LogP contribution in [0.15, 0.2) is 40.9 Å². The zero-order chi connectivity index (χ0) is 11.7. The van der Waals surface area contributed by atoms with Gasteiger partial charge in [0.2, 0.25) is 0 Å². The first-order valence-electron chi connectivity index (χ1n) is 5.11. The molecule has 0 bridgehead atoms. The summed E-state index contributed by atoms with van der Waals surface area (Å²) in [5, 5.41) is 0. The molecule has 0 spiro atoms. The van der Waals surface area contributed by atoms with Gasteiger partial charge in [0.05, 0.1) is 4.47 Å². The molecule has 0 fully saturated rings. The van der Waals surface area contributed by atoms with Gasteiger partial charge in [-0.05, 0) is 64.2 Å². The van der Waals surface area contributed by atoms with E-state index in [4.69, 9.17) is 0 Å². The van der Waals surface area contributed by atoms with Gasteiger partial charge in [-0.15, -0.1) is 0 Å². The molecule has 16 heavy (non-hydrogen) atoms. The molecule has 0 nitrogen and oxygen atoms in total. The summed E-state index contributed by atoms with van der Waals surface area (Å²) in [6, 6.07) is 11.5. The molecule has 0 N–H and O–H groups in total. The lowest BCUT2D eigenvalue weighted by molar-refractivity contribution is 0.620. The number of rotatable bonds is 1. The van der Waals surface area contributed by atoms with E-state index >= 15 is 0 Å². The van der Waals surface area contributed by atoms with Crippen molar-refractivity contribution in [2.75, 3.05) is 0 Å². The molecule has 0 atom stereocenters. The summed E-state index contributed by atoms with van der Waals surface area (Å²) in [6.07, 6.45) is 0. The van der Waals surface area contributed by atoms with Crippen LogP contribution >= 0.6 is 15.9 Å². The molecular formula is C14H12BrF. The Morgan fingerprint density at radius 2 is 1.62 bits per heavy atom. The summed E-state index contributed by atoms with van der Waals surface area (Å²) in [7, 11) is 0. The molecule has 0 amide bonds. The summed E-state index contributed by atoms with van der Waals surface area (Å²) in [5.74, 6) is -0.213. The number of halogens is 2. The lowest BCUT2D eigenvalue weighted by Gasteiger charge is -2.10. The van der Waals surface area contributed by atoms with Crippen molar-refractivity contribution in [3.8, 4) is 11.1 Å². The van der Waals surface area contributed by atoms with Gasteiger partial charge in [-0.2, -0.15) is 0 Å². The molecule has 0 aliphatic heterocycles. The molecule has 0 saturated carbocycles. The van der Waals surface area contributed by atoms with E-state index in [0.29, 0.717) is 4.47 Å². The molecule has 0 saturated heterocycles. The first-order chi connectivity index (χ1) is 7.59. The molecule has 0 aliphatic rings. The maximum atomic E-state index is 13.3. The van der Waals surface area contributed by atoms with Crippen LogP contribution in [0.3, 0.4) is 0 Å². The van der Waals surface area contributed by atoms with E-state index in [-0.39, 0.29) is 5.82 Å². The predicted molar refractivity (Wildman–Crippen MR) is 69.0 cm³/mol. The van der Waals surface area contributed by atoms with Crippen LogP contribution in [0.1, 0.15) is 11.1 Å². The van der Waals surface area contributed by atoms with Crippen molar-refractivity contribution in [2.24, 2.45) is 0 Å². The quantitative estimate of drug-likeness (QED) is 0.698. The number of hydrogen-bond acceptors (Lipinski definition) is 0. The molecule has 2 rings (SSSR count). The van der Waals surface area contributed by atoms with Crippen molar-refractivity contribution in [3.05, 3.63) is 57.8 Å². The number of aryl methyl sites for hydroxylation is 2.